The highest BCUT2D eigenvalue weighted by Crippen LogP contribution is 2.35. The van der Waals surface area contributed by atoms with Gasteiger partial charge in [0.1, 0.15) is 5.01 Å². The van der Waals surface area contributed by atoms with Gasteiger partial charge in [-0.25, -0.2) is 4.98 Å². The summed E-state index contributed by atoms with van der Waals surface area (Å²) in [6, 6.07) is 4.50. The third-order valence-electron chi connectivity index (χ3n) is 3.66. The predicted molar refractivity (Wildman–Crippen MR) is 94.1 cm³/mol. The molecule has 1 aromatic carbocycles. The molecule has 0 amide bonds. The maximum Gasteiger partial charge on any atom is 0.123 e. The van der Waals surface area contributed by atoms with Gasteiger partial charge in [-0.3, -0.25) is 4.99 Å². The van der Waals surface area contributed by atoms with Gasteiger partial charge < -0.3 is 0 Å². The Hall–Kier alpha value is -1.48. The Balaban J connectivity index is 2.57. The van der Waals surface area contributed by atoms with Gasteiger partial charge in [-0.2, -0.15) is 0 Å². The molecule has 0 spiro atoms. The summed E-state index contributed by atoms with van der Waals surface area (Å²) in [6.45, 7) is 10.9. The van der Waals surface area contributed by atoms with Crippen molar-refractivity contribution in [2.75, 3.05) is 0 Å². The van der Waals surface area contributed by atoms with Crippen molar-refractivity contribution in [2.45, 2.75) is 53.4 Å². The molecule has 1 heterocycles. The molecule has 0 N–H and O–H groups in total. The average molecular weight is 300 g/mol. The van der Waals surface area contributed by atoms with Crippen LogP contribution in [0.4, 0.5) is 5.69 Å². The van der Waals surface area contributed by atoms with Crippen molar-refractivity contribution in [2.24, 2.45) is 4.99 Å². The number of hydrogen-bond acceptors (Lipinski definition) is 3. The van der Waals surface area contributed by atoms with E-state index in [1.54, 1.807) is 11.3 Å². The zero-order valence-electron chi connectivity index (χ0n) is 13.6. The van der Waals surface area contributed by atoms with Crippen LogP contribution in [-0.4, -0.2) is 10.7 Å². The lowest BCUT2D eigenvalue weighted by molar-refractivity contribution is 0.866. The Kier molecular flexibility index (Phi) is 5.29. The molecule has 0 unspecified atom stereocenters. The molecule has 0 saturated carbocycles. The van der Waals surface area contributed by atoms with Crippen LogP contribution < -0.4 is 0 Å². The quantitative estimate of drug-likeness (QED) is 0.609. The molecule has 0 aliphatic heterocycles. The van der Waals surface area contributed by atoms with Crippen molar-refractivity contribution in [3.8, 4) is 10.6 Å². The fourth-order valence-corrected chi connectivity index (χ4v) is 3.08. The van der Waals surface area contributed by atoms with E-state index in [9.17, 15) is 0 Å². The van der Waals surface area contributed by atoms with E-state index in [0.29, 0.717) is 5.92 Å². The van der Waals surface area contributed by atoms with Gasteiger partial charge in [0.2, 0.25) is 0 Å². The van der Waals surface area contributed by atoms with Crippen LogP contribution >= 0.6 is 11.3 Å². The minimum Gasteiger partial charge on any atom is -0.258 e. The van der Waals surface area contributed by atoms with Gasteiger partial charge in [0.05, 0.1) is 5.69 Å². The SMILES string of the molecule is CCC/C(C)=N\c1cc(C(C)C)cc(-c2nccs2)c1C. The van der Waals surface area contributed by atoms with Crippen LogP contribution in [0.3, 0.4) is 0 Å². The minimum atomic E-state index is 0.491. The Morgan fingerprint density at radius 1 is 1.33 bits per heavy atom. The van der Waals surface area contributed by atoms with E-state index in [0.717, 1.165) is 23.5 Å². The highest BCUT2D eigenvalue weighted by molar-refractivity contribution is 7.13. The fraction of sp³-hybridized carbons (Fsp3) is 0.444. The number of hydrogen-bond donors (Lipinski definition) is 0. The maximum atomic E-state index is 4.86. The molecule has 0 fully saturated rings. The van der Waals surface area contributed by atoms with E-state index >= 15 is 0 Å². The second kappa shape index (κ2) is 6.99. The van der Waals surface area contributed by atoms with Gasteiger partial charge in [0.25, 0.3) is 0 Å². The van der Waals surface area contributed by atoms with Crippen LogP contribution in [0.1, 0.15) is 57.6 Å². The second-order valence-electron chi connectivity index (χ2n) is 5.80. The molecule has 21 heavy (non-hydrogen) atoms. The number of thiazole rings is 1. The molecule has 2 nitrogen and oxygen atoms in total. The lowest BCUT2D eigenvalue weighted by Gasteiger charge is -2.13. The summed E-state index contributed by atoms with van der Waals surface area (Å²) in [5.74, 6) is 0.491. The van der Waals surface area contributed by atoms with Crippen LogP contribution in [0.25, 0.3) is 10.6 Å². The van der Waals surface area contributed by atoms with Crippen LogP contribution in [0.5, 0.6) is 0 Å². The number of nitrogens with zero attached hydrogens (tertiary/aromatic N) is 2. The molecule has 0 saturated heterocycles. The molecule has 0 aliphatic rings. The van der Waals surface area contributed by atoms with Gasteiger partial charge in [-0.15, -0.1) is 11.3 Å². The molecule has 3 heteroatoms. The summed E-state index contributed by atoms with van der Waals surface area (Å²) in [4.78, 5) is 9.33. The van der Waals surface area contributed by atoms with Crippen molar-refractivity contribution >= 4 is 22.7 Å². The van der Waals surface area contributed by atoms with Crippen LogP contribution in [0.2, 0.25) is 0 Å². The summed E-state index contributed by atoms with van der Waals surface area (Å²) >= 11 is 1.69. The van der Waals surface area contributed by atoms with Gasteiger partial charge >= 0.3 is 0 Å². The lowest BCUT2D eigenvalue weighted by Crippen LogP contribution is -1.94. The first-order valence-corrected chi connectivity index (χ1v) is 8.49. The smallest absolute Gasteiger partial charge is 0.123 e. The predicted octanol–water partition coefficient (Wildman–Crippen LogP) is 6.13. The van der Waals surface area contributed by atoms with Crippen molar-refractivity contribution in [1.29, 1.82) is 0 Å². The Morgan fingerprint density at radius 3 is 2.67 bits per heavy atom. The standard InChI is InChI=1S/C18H24N2S/c1-6-7-13(4)20-17-11-15(12(2)3)10-16(14(17)5)18-19-8-9-21-18/h8-12H,6-7H2,1-5H3/b20-13-. The molecule has 0 atom stereocenters. The van der Waals surface area contributed by atoms with E-state index in [-0.39, 0.29) is 0 Å². The van der Waals surface area contributed by atoms with Gasteiger partial charge in [-0.1, -0.05) is 27.2 Å². The van der Waals surface area contributed by atoms with Crippen molar-refractivity contribution in [3.63, 3.8) is 0 Å². The topological polar surface area (TPSA) is 25.2 Å². The molecule has 0 radical (unpaired) electrons. The van der Waals surface area contributed by atoms with Gasteiger partial charge in [0.15, 0.2) is 0 Å². The van der Waals surface area contributed by atoms with Gasteiger partial charge in [0, 0.05) is 22.9 Å². The van der Waals surface area contributed by atoms with E-state index in [4.69, 9.17) is 4.99 Å². The van der Waals surface area contributed by atoms with Crippen molar-refractivity contribution in [3.05, 3.63) is 34.8 Å². The van der Waals surface area contributed by atoms with E-state index in [1.165, 1.54) is 22.4 Å². The van der Waals surface area contributed by atoms with E-state index in [2.05, 4.69) is 51.7 Å². The Labute approximate surface area is 132 Å². The zero-order chi connectivity index (χ0) is 15.4. The molecule has 2 aromatic rings. The number of benzene rings is 1. The summed E-state index contributed by atoms with van der Waals surface area (Å²) in [6.07, 6.45) is 4.06. The summed E-state index contributed by atoms with van der Waals surface area (Å²) in [5, 5.41) is 3.11. The largest absolute Gasteiger partial charge is 0.258 e. The summed E-state index contributed by atoms with van der Waals surface area (Å²) in [5.41, 5.74) is 6.07. The van der Waals surface area contributed by atoms with Crippen molar-refractivity contribution < 1.29 is 0 Å². The molecule has 1 aromatic heterocycles. The summed E-state index contributed by atoms with van der Waals surface area (Å²) < 4.78 is 0. The second-order valence-corrected chi connectivity index (χ2v) is 6.70. The summed E-state index contributed by atoms with van der Waals surface area (Å²) in [7, 11) is 0. The first-order chi connectivity index (χ1) is 10.0. The zero-order valence-corrected chi connectivity index (χ0v) is 14.4. The number of aromatic nitrogens is 1. The molecule has 112 valence electrons. The number of aliphatic imine (C=N–C) groups is 1. The minimum absolute atomic E-state index is 0.491. The Bertz CT molecular complexity index is 625. The third kappa shape index (κ3) is 3.79. The fourth-order valence-electron chi connectivity index (χ4n) is 2.37. The highest BCUT2D eigenvalue weighted by Gasteiger charge is 2.12. The van der Waals surface area contributed by atoms with Crippen LogP contribution in [0, 0.1) is 6.92 Å². The maximum absolute atomic E-state index is 4.86. The molecule has 0 bridgehead atoms. The third-order valence-corrected chi connectivity index (χ3v) is 4.46. The van der Waals surface area contributed by atoms with Crippen LogP contribution in [-0.2, 0) is 0 Å². The van der Waals surface area contributed by atoms with Gasteiger partial charge in [-0.05, 0) is 49.4 Å². The lowest BCUT2D eigenvalue weighted by atomic mass is 9.96. The average Bonchev–Trinajstić information content (AvgIpc) is 2.95. The molecular formula is C18H24N2S. The normalized spacial score (nSPS) is 12.2. The first kappa shape index (κ1) is 15.9. The first-order valence-electron chi connectivity index (χ1n) is 7.61. The molecule has 2 rings (SSSR count). The number of rotatable bonds is 5. The van der Waals surface area contributed by atoms with E-state index in [1.807, 2.05) is 11.6 Å². The monoisotopic (exact) mass is 300 g/mol. The Morgan fingerprint density at radius 2 is 2.10 bits per heavy atom. The van der Waals surface area contributed by atoms with Crippen molar-refractivity contribution in [1.82, 2.24) is 4.98 Å². The highest BCUT2D eigenvalue weighted by atomic mass is 32.1. The van der Waals surface area contributed by atoms with E-state index < -0.39 is 0 Å². The van der Waals surface area contributed by atoms with Crippen LogP contribution in [0.15, 0.2) is 28.7 Å². The molecule has 0 aliphatic carbocycles. The molecular weight excluding hydrogens is 276 g/mol.